The summed E-state index contributed by atoms with van der Waals surface area (Å²) in [6, 6.07) is 5.06. The minimum absolute atomic E-state index is 0.239. The smallest absolute Gasteiger partial charge is 0.363 e. The topological polar surface area (TPSA) is 71.8 Å². The standard InChI is InChI=1S/C18H20F3N7/c1-27-9-3-4-13(10-27)22-17-16-15(24-26-28(16)2)14(23-25-17)11-5-7-12(8-6-11)18(19,20)21/h5-8,13H,3-4,9-10H2,1-2H3,(H,22,25)/t13-/m1/s1. The lowest BCUT2D eigenvalue weighted by Crippen LogP contribution is -2.40. The van der Waals surface area contributed by atoms with Crippen LogP contribution in [0.2, 0.25) is 0 Å². The Morgan fingerprint density at radius 3 is 2.50 bits per heavy atom. The van der Waals surface area contributed by atoms with Crippen LogP contribution in [0, 0.1) is 0 Å². The summed E-state index contributed by atoms with van der Waals surface area (Å²) < 4.78 is 40.1. The van der Waals surface area contributed by atoms with E-state index in [0.717, 1.165) is 38.1 Å². The van der Waals surface area contributed by atoms with E-state index in [-0.39, 0.29) is 6.04 Å². The quantitative estimate of drug-likeness (QED) is 0.740. The minimum atomic E-state index is -4.38. The molecule has 28 heavy (non-hydrogen) atoms. The Morgan fingerprint density at radius 2 is 1.82 bits per heavy atom. The maximum atomic E-state index is 12.8. The lowest BCUT2D eigenvalue weighted by molar-refractivity contribution is -0.137. The van der Waals surface area contributed by atoms with Gasteiger partial charge in [0.2, 0.25) is 0 Å². The van der Waals surface area contributed by atoms with Crippen molar-refractivity contribution in [2.24, 2.45) is 7.05 Å². The number of hydrogen-bond donors (Lipinski definition) is 1. The zero-order valence-electron chi connectivity index (χ0n) is 15.5. The first-order valence-electron chi connectivity index (χ1n) is 9.01. The highest BCUT2D eigenvalue weighted by molar-refractivity contribution is 5.94. The molecule has 1 saturated heterocycles. The fourth-order valence-electron chi connectivity index (χ4n) is 3.56. The Kier molecular flexibility index (Phi) is 4.66. The van der Waals surface area contributed by atoms with Gasteiger partial charge in [0.25, 0.3) is 0 Å². The second-order valence-electron chi connectivity index (χ2n) is 7.13. The van der Waals surface area contributed by atoms with Gasteiger partial charge in [-0.05, 0) is 38.6 Å². The van der Waals surface area contributed by atoms with Crippen LogP contribution < -0.4 is 5.32 Å². The van der Waals surface area contributed by atoms with E-state index in [1.54, 1.807) is 11.7 Å². The normalized spacial score (nSPS) is 18.5. The molecule has 0 saturated carbocycles. The van der Waals surface area contributed by atoms with Crippen molar-refractivity contribution in [1.29, 1.82) is 0 Å². The minimum Gasteiger partial charge on any atom is -0.363 e. The van der Waals surface area contributed by atoms with Crippen molar-refractivity contribution in [1.82, 2.24) is 30.1 Å². The maximum Gasteiger partial charge on any atom is 0.416 e. The van der Waals surface area contributed by atoms with E-state index in [9.17, 15) is 13.2 Å². The average molecular weight is 391 g/mol. The van der Waals surface area contributed by atoms with Crippen molar-refractivity contribution in [3.63, 3.8) is 0 Å². The molecule has 0 bridgehead atoms. The van der Waals surface area contributed by atoms with Gasteiger partial charge in [-0.3, -0.25) is 0 Å². The Morgan fingerprint density at radius 1 is 1.07 bits per heavy atom. The third-order valence-corrected chi connectivity index (χ3v) is 4.98. The van der Waals surface area contributed by atoms with Crippen molar-refractivity contribution in [2.45, 2.75) is 25.1 Å². The third-order valence-electron chi connectivity index (χ3n) is 4.98. The molecular formula is C18H20F3N7. The molecule has 148 valence electrons. The monoisotopic (exact) mass is 391 g/mol. The summed E-state index contributed by atoms with van der Waals surface area (Å²) in [6.45, 7) is 1.97. The van der Waals surface area contributed by atoms with Crippen LogP contribution >= 0.6 is 0 Å². The first-order chi connectivity index (χ1) is 13.3. The molecule has 1 atom stereocenters. The Balaban J connectivity index is 1.70. The number of nitrogens with zero attached hydrogens (tertiary/aromatic N) is 6. The number of likely N-dealkylation sites (N-methyl/N-ethyl adjacent to an activating group) is 1. The van der Waals surface area contributed by atoms with Gasteiger partial charge in [-0.1, -0.05) is 17.3 Å². The number of nitrogens with one attached hydrogen (secondary N) is 1. The van der Waals surface area contributed by atoms with Gasteiger partial charge in [0.1, 0.15) is 16.7 Å². The predicted molar refractivity (Wildman–Crippen MR) is 98.7 cm³/mol. The molecule has 2 aromatic heterocycles. The van der Waals surface area contributed by atoms with Gasteiger partial charge in [-0.2, -0.15) is 13.2 Å². The molecule has 0 spiro atoms. The first kappa shape index (κ1) is 18.6. The number of likely N-dealkylation sites (tertiary alicyclic amines) is 1. The number of anilines is 1. The average Bonchev–Trinajstić information content (AvgIpc) is 3.04. The number of hydrogen-bond acceptors (Lipinski definition) is 6. The van der Waals surface area contributed by atoms with Crippen molar-refractivity contribution in [3.05, 3.63) is 29.8 Å². The fraction of sp³-hybridized carbons (Fsp3) is 0.444. The number of rotatable bonds is 3. The van der Waals surface area contributed by atoms with Crippen LogP contribution in [0.4, 0.5) is 19.0 Å². The van der Waals surface area contributed by atoms with E-state index >= 15 is 0 Å². The Bertz CT molecular complexity index is 981. The molecule has 3 aromatic rings. The lowest BCUT2D eigenvalue weighted by Gasteiger charge is -2.30. The van der Waals surface area contributed by atoms with E-state index in [1.807, 2.05) is 0 Å². The van der Waals surface area contributed by atoms with E-state index < -0.39 is 11.7 Å². The van der Waals surface area contributed by atoms with Crippen LogP contribution in [0.25, 0.3) is 22.3 Å². The van der Waals surface area contributed by atoms with Gasteiger partial charge in [0.05, 0.1) is 5.56 Å². The number of benzene rings is 1. The van der Waals surface area contributed by atoms with E-state index in [4.69, 9.17) is 0 Å². The summed E-state index contributed by atoms with van der Waals surface area (Å²) in [7, 11) is 3.83. The van der Waals surface area contributed by atoms with Crippen molar-refractivity contribution < 1.29 is 13.2 Å². The molecule has 0 radical (unpaired) electrons. The van der Waals surface area contributed by atoms with Crippen molar-refractivity contribution in [3.8, 4) is 11.3 Å². The van der Waals surface area contributed by atoms with Crippen LogP contribution in [-0.2, 0) is 13.2 Å². The molecule has 1 aliphatic heterocycles. The first-order valence-corrected chi connectivity index (χ1v) is 9.01. The zero-order chi connectivity index (χ0) is 19.9. The van der Waals surface area contributed by atoms with Gasteiger partial charge >= 0.3 is 6.18 Å². The van der Waals surface area contributed by atoms with E-state index in [0.29, 0.717) is 28.1 Å². The molecule has 4 rings (SSSR count). The highest BCUT2D eigenvalue weighted by Gasteiger charge is 2.30. The molecule has 0 unspecified atom stereocenters. The van der Waals surface area contributed by atoms with Crippen LogP contribution in [0.1, 0.15) is 18.4 Å². The third kappa shape index (κ3) is 3.51. The summed E-state index contributed by atoms with van der Waals surface area (Å²) in [4.78, 5) is 2.25. The maximum absolute atomic E-state index is 12.8. The molecule has 1 N–H and O–H groups in total. The Labute approximate surface area is 159 Å². The number of alkyl halides is 3. The zero-order valence-corrected chi connectivity index (χ0v) is 15.5. The van der Waals surface area contributed by atoms with Gasteiger partial charge in [0.15, 0.2) is 5.82 Å². The number of halogens is 3. The largest absolute Gasteiger partial charge is 0.416 e. The van der Waals surface area contributed by atoms with Gasteiger partial charge in [-0.15, -0.1) is 15.3 Å². The lowest BCUT2D eigenvalue weighted by atomic mass is 10.1. The summed E-state index contributed by atoms with van der Waals surface area (Å²) in [6.07, 6.45) is -2.26. The number of piperidine rings is 1. The van der Waals surface area contributed by atoms with Gasteiger partial charge in [-0.25, -0.2) is 4.68 Å². The SMILES string of the molecule is CN1CCC[C@@H](Nc2nnc(-c3ccc(C(F)(F)F)cc3)c3nnn(C)c23)C1. The van der Waals surface area contributed by atoms with Crippen LogP contribution in [0.5, 0.6) is 0 Å². The number of aromatic nitrogens is 5. The van der Waals surface area contributed by atoms with Crippen molar-refractivity contribution in [2.75, 3.05) is 25.5 Å². The van der Waals surface area contributed by atoms with Crippen molar-refractivity contribution >= 4 is 16.9 Å². The second-order valence-corrected chi connectivity index (χ2v) is 7.13. The Hall–Kier alpha value is -2.75. The molecule has 1 aromatic carbocycles. The highest BCUT2D eigenvalue weighted by Crippen LogP contribution is 2.33. The molecular weight excluding hydrogens is 371 g/mol. The highest BCUT2D eigenvalue weighted by atomic mass is 19.4. The summed E-state index contributed by atoms with van der Waals surface area (Å²) in [5.74, 6) is 0.582. The molecule has 0 aliphatic carbocycles. The van der Waals surface area contributed by atoms with Gasteiger partial charge < -0.3 is 10.2 Å². The molecule has 7 nitrogen and oxygen atoms in total. The fourth-order valence-corrected chi connectivity index (χ4v) is 3.56. The summed E-state index contributed by atoms with van der Waals surface area (Å²) >= 11 is 0. The summed E-state index contributed by atoms with van der Waals surface area (Å²) in [5.41, 5.74) is 1.39. The summed E-state index contributed by atoms with van der Waals surface area (Å²) in [5, 5.41) is 20.2. The number of aryl methyl sites for hydroxylation is 1. The van der Waals surface area contributed by atoms with E-state index in [2.05, 4.69) is 37.8 Å². The van der Waals surface area contributed by atoms with E-state index in [1.165, 1.54) is 12.1 Å². The predicted octanol–water partition coefficient (Wildman–Crippen LogP) is 2.95. The molecule has 0 amide bonds. The number of fused-ring (bicyclic) bond motifs is 1. The second kappa shape index (κ2) is 7.01. The molecule has 1 fully saturated rings. The molecule has 10 heteroatoms. The van der Waals surface area contributed by atoms with Crippen LogP contribution in [0.3, 0.4) is 0 Å². The molecule has 1 aliphatic rings. The van der Waals surface area contributed by atoms with Crippen LogP contribution in [-0.4, -0.2) is 56.3 Å². The van der Waals surface area contributed by atoms with Gasteiger partial charge in [0, 0.05) is 25.2 Å². The molecule has 3 heterocycles. The van der Waals surface area contributed by atoms with Crippen LogP contribution in [0.15, 0.2) is 24.3 Å².